The van der Waals surface area contributed by atoms with Crippen molar-refractivity contribution in [3.63, 3.8) is 0 Å². The maximum atomic E-state index is 13.7. The summed E-state index contributed by atoms with van der Waals surface area (Å²) in [6, 6.07) is 20.0. The molecule has 1 aromatic heterocycles. The Morgan fingerprint density at radius 3 is 2.42 bits per heavy atom. The molecule has 7 heteroatoms. The Kier molecular flexibility index (Phi) is 6.31. The van der Waals surface area contributed by atoms with Crippen molar-refractivity contribution in [2.75, 3.05) is 0 Å². The van der Waals surface area contributed by atoms with E-state index in [1.165, 1.54) is 34.9 Å². The number of aromatic nitrogens is 2. The molecule has 3 aromatic carbocycles. The highest BCUT2D eigenvalue weighted by Gasteiger charge is 2.16. The van der Waals surface area contributed by atoms with E-state index in [0.29, 0.717) is 23.2 Å². The van der Waals surface area contributed by atoms with Gasteiger partial charge in [-0.2, -0.15) is 0 Å². The molecular formula is C26H22FN3O3. The predicted octanol–water partition coefficient (Wildman–Crippen LogP) is 3.47. The van der Waals surface area contributed by atoms with Gasteiger partial charge >= 0.3 is 5.69 Å². The zero-order valence-electron chi connectivity index (χ0n) is 17.8. The summed E-state index contributed by atoms with van der Waals surface area (Å²) < 4.78 is 16.2. The number of carbonyl (C=O) groups is 1. The quantitative estimate of drug-likeness (QED) is 0.445. The molecule has 0 aliphatic carbocycles. The van der Waals surface area contributed by atoms with E-state index >= 15 is 0 Å². The van der Waals surface area contributed by atoms with Crippen LogP contribution in [0.15, 0.2) is 95.0 Å². The fourth-order valence-corrected chi connectivity index (χ4v) is 3.70. The summed E-state index contributed by atoms with van der Waals surface area (Å²) in [5.74, 6) is -0.758. The average molecular weight is 443 g/mol. The number of nitrogens with one attached hydrogen (secondary N) is 1. The summed E-state index contributed by atoms with van der Waals surface area (Å²) in [6.07, 6.45) is 1.46. The second-order valence-electron chi connectivity index (χ2n) is 7.60. The van der Waals surface area contributed by atoms with E-state index in [1.807, 2.05) is 30.3 Å². The van der Waals surface area contributed by atoms with Crippen molar-refractivity contribution in [1.29, 1.82) is 0 Å². The first-order valence-corrected chi connectivity index (χ1v) is 10.4. The van der Waals surface area contributed by atoms with E-state index in [1.54, 1.807) is 18.2 Å². The number of hydrogen-bond acceptors (Lipinski definition) is 3. The first kappa shape index (κ1) is 22.0. The minimum absolute atomic E-state index is 0.0378. The number of halogens is 1. The molecule has 0 bridgehead atoms. The van der Waals surface area contributed by atoms with Gasteiger partial charge in [-0.15, -0.1) is 6.58 Å². The second-order valence-corrected chi connectivity index (χ2v) is 7.60. The zero-order valence-corrected chi connectivity index (χ0v) is 17.8. The van der Waals surface area contributed by atoms with Crippen LogP contribution in [0.4, 0.5) is 4.39 Å². The third-order valence-corrected chi connectivity index (χ3v) is 5.33. The predicted molar refractivity (Wildman–Crippen MR) is 126 cm³/mol. The molecule has 0 aliphatic heterocycles. The summed E-state index contributed by atoms with van der Waals surface area (Å²) in [5, 5.41) is 3.13. The van der Waals surface area contributed by atoms with Crippen LogP contribution < -0.4 is 16.6 Å². The Bertz CT molecular complexity index is 1460. The molecule has 4 rings (SSSR count). The van der Waals surface area contributed by atoms with Gasteiger partial charge in [0, 0.05) is 18.7 Å². The highest BCUT2D eigenvalue weighted by Crippen LogP contribution is 2.15. The summed E-state index contributed by atoms with van der Waals surface area (Å²) in [6.45, 7) is 4.04. The topological polar surface area (TPSA) is 73.1 Å². The Labute approximate surface area is 189 Å². The second kappa shape index (κ2) is 9.48. The van der Waals surface area contributed by atoms with Crippen LogP contribution >= 0.6 is 0 Å². The van der Waals surface area contributed by atoms with Crippen molar-refractivity contribution in [3.05, 3.63) is 129 Å². The van der Waals surface area contributed by atoms with Crippen molar-refractivity contribution in [2.24, 2.45) is 0 Å². The van der Waals surface area contributed by atoms with E-state index in [-0.39, 0.29) is 24.4 Å². The smallest absolute Gasteiger partial charge is 0.332 e. The molecule has 0 saturated heterocycles. The number of benzene rings is 3. The van der Waals surface area contributed by atoms with E-state index < -0.39 is 17.1 Å². The molecule has 6 nitrogen and oxygen atoms in total. The van der Waals surface area contributed by atoms with Gasteiger partial charge in [0.15, 0.2) is 0 Å². The third kappa shape index (κ3) is 4.67. The van der Waals surface area contributed by atoms with Gasteiger partial charge in [-0.3, -0.25) is 18.7 Å². The van der Waals surface area contributed by atoms with Gasteiger partial charge in [-0.05, 0) is 41.5 Å². The van der Waals surface area contributed by atoms with Crippen LogP contribution in [-0.2, 0) is 19.6 Å². The largest absolute Gasteiger partial charge is 0.348 e. The van der Waals surface area contributed by atoms with Crippen molar-refractivity contribution in [1.82, 2.24) is 14.5 Å². The molecule has 0 fully saturated rings. The van der Waals surface area contributed by atoms with Crippen molar-refractivity contribution in [2.45, 2.75) is 19.6 Å². The number of carbonyl (C=O) groups excluding carboxylic acids is 1. The highest BCUT2D eigenvalue weighted by atomic mass is 19.1. The first-order valence-electron chi connectivity index (χ1n) is 10.4. The summed E-state index contributed by atoms with van der Waals surface area (Å²) in [4.78, 5) is 38.9. The van der Waals surface area contributed by atoms with Crippen molar-refractivity contribution >= 4 is 16.8 Å². The molecule has 0 atom stereocenters. The molecule has 0 unspecified atom stereocenters. The van der Waals surface area contributed by atoms with Gasteiger partial charge in [0.05, 0.1) is 17.4 Å². The molecule has 4 aromatic rings. The van der Waals surface area contributed by atoms with Crippen LogP contribution in [0, 0.1) is 5.82 Å². The van der Waals surface area contributed by atoms with Crippen molar-refractivity contribution < 1.29 is 9.18 Å². The molecule has 1 N–H and O–H groups in total. The highest BCUT2D eigenvalue weighted by molar-refractivity contribution is 5.97. The average Bonchev–Trinajstić information content (AvgIpc) is 2.83. The van der Waals surface area contributed by atoms with Gasteiger partial charge in [0.2, 0.25) is 0 Å². The molecule has 0 aliphatic rings. The van der Waals surface area contributed by atoms with Crippen LogP contribution in [0.2, 0.25) is 0 Å². The van der Waals surface area contributed by atoms with Gasteiger partial charge in [-0.1, -0.05) is 48.5 Å². The maximum absolute atomic E-state index is 13.7. The molecule has 1 heterocycles. The third-order valence-electron chi connectivity index (χ3n) is 5.33. The SMILES string of the molecule is C=CCn1c(=O)c2ccc(C(=O)NCc3ccccc3)cc2n(Cc2cccc(F)c2)c1=O. The lowest BCUT2D eigenvalue weighted by atomic mass is 10.1. The lowest BCUT2D eigenvalue weighted by molar-refractivity contribution is 0.0951. The Morgan fingerprint density at radius 1 is 0.939 bits per heavy atom. The number of fused-ring (bicyclic) bond motifs is 1. The Hall–Kier alpha value is -4.26. The molecule has 0 spiro atoms. The minimum atomic E-state index is -0.557. The molecule has 0 radical (unpaired) electrons. The number of allylic oxidation sites excluding steroid dienone is 1. The van der Waals surface area contributed by atoms with Crippen LogP contribution in [0.1, 0.15) is 21.5 Å². The van der Waals surface area contributed by atoms with Crippen LogP contribution in [0.25, 0.3) is 10.9 Å². The number of rotatable bonds is 7. The first-order chi connectivity index (χ1) is 16.0. The molecule has 166 valence electrons. The van der Waals surface area contributed by atoms with E-state index in [9.17, 15) is 18.8 Å². The lowest BCUT2D eigenvalue weighted by Crippen LogP contribution is -2.40. The fraction of sp³-hybridized carbons (Fsp3) is 0.115. The summed E-state index contributed by atoms with van der Waals surface area (Å²) in [5.41, 5.74) is 1.09. The van der Waals surface area contributed by atoms with Crippen molar-refractivity contribution in [3.8, 4) is 0 Å². The number of hydrogen-bond donors (Lipinski definition) is 1. The number of nitrogens with zero attached hydrogens (tertiary/aromatic N) is 2. The summed E-state index contributed by atoms with van der Waals surface area (Å²) >= 11 is 0. The Balaban J connectivity index is 1.79. The maximum Gasteiger partial charge on any atom is 0.332 e. The normalized spacial score (nSPS) is 10.8. The summed E-state index contributed by atoms with van der Waals surface area (Å²) in [7, 11) is 0. The zero-order chi connectivity index (χ0) is 23.4. The molecule has 0 saturated carbocycles. The molecular weight excluding hydrogens is 421 g/mol. The minimum Gasteiger partial charge on any atom is -0.348 e. The van der Waals surface area contributed by atoms with E-state index in [4.69, 9.17) is 0 Å². The van der Waals surface area contributed by atoms with E-state index in [2.05, 4.69) is 11.9 Å². The standard InChI is InChI=1S/C26H22FN3O3/c1-2-13-29-25(32)22-12-11-20(24(31)28-16-18-7-4-3-5-8-18)15-23(22)30(26(29)33)17-19-9-6-10-21(27)14-19/h2-12,14-15H,1,13,16-17H2,(H,28,31). The van der Waals surface area contributed by atoms with Gasteiger partial charge in [-0.25, -0.2) is 9.18 Å². The monoisotopic (exact) mass is 443 g/mol. The van der Waals surface area contributed by atoms with Gasteiger partial charge in [0.1, 0.15) is 5.82 Å². The van der Waals surface area contributed by atoms with E-state index in [0.717, 1.165) is 10.1 Å². The molecule has 1 amide bonds. The van der Waals surface area contributed by atoms with Crippen LogP contribution in [0.3, 0.4) is 0 Å². The lowest BCUT2D eigenvalue weighted by Gasteiger charge is -2.15. The van der Waals surface area contributed by atoms with Gasteiger partial charge in [0.25, 0.3) is 11.5 Å². The molecule has 33 heavy (non-hydrogen) atoms. The van der Waals surface area contributed by atoms with Crippen LogP contribution in [-0.4, -0.2) is 15.0 Å². The fourth-order valence-electron chi connectivity index (χ4n) is 3.70. The number of amides is 1. The van der Waals surface area contributed by atoms with Crippen LogP contribution in [0.5, 0.6) is 0 Å². The van der Waals surface area contributed by atoms with Gasteiger partial charge < -0.3 is 5.32 Å². The Morgan fingerprint density at radius 2 is 1.70 bits per heavy atom.